The summed E-state index contributed by atoms with van der Waals surface area (Å²) in [4.78, 5) is 11.0. The molecule has 0 saturated heterocycles. The maximum absolute atomic E-state index is 13.1. The highest BCUT2D eigenvalue weighted by Crippen LogP contribution is 2.10. The van der Waals surface area contributed by atoms with Gasteiger partial charge in [-0.15, -0.1) is 11.6 Å². The summed E-state index contributed by atoms with van der Waals surface area (Å²) in [6.07, 6.45) is 0.578. The standard InChI is InChI=1S/C12H10ClFO/c1-9(15)11-8-10(4-2-3-7-13)5-6-12(11)14/h5-6,8H,3,7H2,1H3. The largest absolute Gasteiger partial charge is 0.294 e. The lowest BCUT2D eigenvalue weighted by Gasteiger charge is -1.98. The quantitative estimate of drug-likeness (QED) is 0.429. The minimum atomic E-state index is -0.509. The second-order valence-corrected chi connectivity index (χ2v) is 3.37. The molecular weight excluding hydrogens is 215 g/mol. The molecule has 0 radical (unpaired) electrons. The Morgan fingerprint density at radius 3 is 2.87 bits per heavy atom. The first kappa shape index (κ1) is 11.7. The molecule has 1 nitrogen and oxygen atoms in total. The molecule has 0 saturated carbocycles. The highest BCUT2D eigenvalue weighted by atomic mass is 35.5. The number of hydrogen-bond donors (Lipinski definition) is 0. The van der Waals surface area contributed by atoms with E-state index in [1.54, 1.807) is 6.07 Å². The Hall–Kier alpha value is -1.33. The maximum atomic E-state index is 13.1. The molecule has 3 heteroatoms. The van der Waals surface area contributed by atoms with Crippen molar-refractivity contribution in [3.63, 3.8) is 0 Å². The molecule has 0 aliphatic carbocycles. The normalized spacial score (nSPS) is 9.27. The van der Waals surface area contributed by atoms with Crippen molar-refractivity contribution in [3.05, 3.63) is 35.1 Å². The van der Waals surface area contributed by atoms with Gasteiger partial charge in [-0.05, 0) is 25.1 Å². The van der Waals surface area contributed by atoms with E-state index in [-0.39, 0.29) is 11.3 Å². The molecule has 0 amide bonds. The van der Waals surface area contributed by atoms with Crippen LogP contribution in [0.2, 0.25) is 0 Å². The Bertz CT molecular complexity index is 429. The molecule has 0 heterocycles. The van der Waals surface area contributed by atoms with Crippen LogP contribution in [0.4, 0.5) is 4.39 Å². The number of benzene rings is 1. The summed E-state index contributed by atoms with van der Waals surface area (Å²) in [6, 6.07) is 4.25. The number of alkyl halides is 1. The van der Waals surface area contributed by atoms with Gasteiger partial charge in [-0.2, -0.15) is 0 Å². The van der Waals surface area contributed by atoms with Crippen molar-refractivity contribution in [2.24, 2.45) is 0 Å². The van der Waals surface area contributed by atoms with Crippen molar-refractivity contribution in [1.29, 1.82) is 0 Å². The van der Waals surface area contributed by atoms with E-state index in [0.717, 1.165) is 0 Å². The second kappa shape index (κ2) is 5.53. The van der Waals surface area contributed by atoms with Crippen molar-refractivity contribution in [3.8, 4) is 11.8 Å². The van der Waals surface area contributed by atoms with Gasteiger partial charge < -0.3 is 0 Å². The van der Waals surface area contributed by atoms with Crippen LogP contribution in [0.3, 0.4) is 0 Å². The Morgan fingerprint density at radius 1 is 1.53 bits per heavy atom. The summed E-state index contributed by atoms with van der Waals surface area (Å²) in [6.45, 7) is 1.33. The average Bonchev–Trinajstić information content (AvgIpc) is 2.20. The summed E-state index contributed by atoms with van der Waals surface area (Å²) in [5.74, 6) is 5.30. The number of rotatable bonds is 2. The highest BCUT2D eigenvalue weighted by Gasteiger charge is 2.06. The van der Waals surface area contributed by atoms with Gasteiger partial charge >= 0.3 is 0 Å². The summed E-state index contributed by atoms with van der Waals surface area (Å²) in [5.41, 5.74) is 0.708. The van der Waals surface area contributed by atoms with E-state index in [9.17, 15) is 9.18 Å². The molecule has 1 aromatic carbocycles. The number of halogens is 2. The fourth-order valence-electron chi connectivity index (χ4n) is 1.08. The number of carbonyl (C=O) groups excluding carboxylic acids is 1. The highest BCUT2D eigenvalue weighted by molar-refractivity contribution is 6.18. The van der Waals surface area contributed by atoms with E-state index in [4.69, 9.17) is 11.6 Å². The zero-order chi connectivity index (χ0) is 11.3. The molecule has 1 aromatic rings. The fourth-order valence-corrected chi connectivity index (χ4v) is 1.18. The number of Topliss-reactive ketones (excluding diaryl/α,β-unsaturated/α-hetero) is 1. The van der Waals surface area contributed by atoms with E-state index in [1.807, 2.05) is 0 Å². The topological polar surface area (TPSA) is 17.1 Å². The predicted molar refractivity (Wildman–Crippen MR) is 58.6 cm³/mol. The van der Waals surface area contributed by atoms with Crippen LogP contribution < -0.4 is 0 Å². The molecule has 15 heavy (non-hydrogen) atoms. The maximum Gasteiger partial charge on any atom is 0.162 e. The summed E-state index contributed by atoms with van der Waals surface area (Å²) < 4.78 is 13.1. The zero-order valence-corrected chi connectivity index (χ0v) is 9.07. The van der Waals surface area contributed by atoms with Crippen molar-refractivity contribution in [2.45, 2.75) is 13.3 Å². The minimum absolute atomic E-state index is 0.0765. The Kier molecular flexibility index (Phi) is 4.33. The van der Waals surface area contributed by atoms with Gasteiger partial charge in [0.25, 0.3) is 0 Å². The van der Waals surface area contributed by atoms with Crippen LogP contribution in [0.15, 0.2) is 18.2 Å². The molecule has 0 N–H and O–H groups in total. The lowest BCUT2D eigenvalue weighted by Crippen LogP contribution is -1.97. The van der Waals surface area contributed by atoms with Crippen molar-refractivity contribution in [1.82, 2.24) is 0 Å². The van der Waals surface area contributed by atoms with E-state index < -0.39 is 5.82 Å². The van der Waals surface area contributed by atoms with Crippen LogP contribution >= 0.6 is 11.6 Å². The molecule has 1 rings (SSSR count). The van der Waals surface area contributed by atoms with Crippen molar-refractivity contribution in [2.75, 3.05) is 5.88 Å². The number of hydrogen-bond acceptors (Lipinski definition) is 1. The van der Waals surface area contributed by atoms with E-state index in [2.05, 4.69) is 11.8 Å². The molecule has 0 spiro atoms. The number of carbonyl (C=O) groups is 1. The van der Waals surface area contributed by atoms with Crippen LogP contribution in [-0.2, 0) is 0 Å². The van der Waals surface area contributed by atoms with Gasteiger partial charge in [0.1, 0.15) is 5.82 Å². The van der Waals surface area contributed by atoms with Crippen LogP contribution in [-0.4, -0.2) is 11.7 Å². The summed E-state index contributed by atoms with van der Waals surface area (Å²) >= 11 is 5.46. The Morgan fingerprint density at radius 2 is 2.27 bits per heavy atom. The van der Waals surface area contributed by atoms with Gasteiger partial charge in [0.05, 0.1) is 5.56 Å². The number of ketones is 1. The third-order valence-electron chi connectivity index (χ3n) is 1.80. The molecule has 0 aliphatic rings. The molecule has 78 valence electrons. The van der Waals surface area contributed by atoms with Crippen molar-refractivity contribution >= 4 is 17.4 Å². The van der Waals surface area contributed by atoms with Gasteiger partial charge in [0.15, 0.2) is 5.78 Å². The zero-order valence-electron chi connectivity index (χ0n) is 8.31. The third-order valence-corrected chi connectivity index (χ3v) is 1.99. The summed E-state index contributed by atoms with van der Waals surface area (Å²) in [5, 5.41) is 0. The predicted octanol–water partition coefficient (Wildman–Crippen LogP) is 3.01. The minimum Gasteiger partial charge on any atom is -0.294 e. The lowest BCUT2D eigenvalue weighted by molar-refractivity contribution is 0.101. The first-order chi connectivity index (χ1) is 7.15. The molecule has 0 aliphatic heterocycles. The van der Waals surface area contributed by atoms with E-state index in [0.29, 0.717) is 17.9 Å². The van der Waals surface area contributed by atoms with E-state index >= 15 is 0 Å². The van der Waals surface area contributed by atoms with Gasteiger partial charge in [-0.3, -0.25) is 4.79 Å². The van der Waals surface area contributed by atoms with Gasteiger partial charge in [-0.1, -0.05) is 11.8 Å². The van der Waals surface area contributed by atoms with Crippen LogP contribution in [0, 0.1) is 17.7 Å². The molecule has 0 atom stereocenters. The van der Waals surface area contributed by atoms with E-state index in [1.165, 1.54) is 19.1 Å². The second-order valence-electron chi connectivity index (χ2n) is 2.99. The molecule has 0 bridgehead atoms. The van der Waals surface area contributed by atoms with Gasteiger partial charge in [-0.25, -0.2) is 4.39 Å². The average molecular weight is 225 g/mol. The first-order valence-electron chi connectivity index (χ1n) is 4.50. The van der Waals surface area contributed by atoms with Gasteiger partial charge in [0, 0.05) is 17.9 Å². The Balaban J connectivity index is 2.99. The van der Waals surface area contributed by atoms with Crippen LogP contribution in [0.5, 0.6) is 0 Å². The lowest BCUT2D eigenvalue weighted by atomic mass is 10.1. The monoisotopic (exact) mass is 224 g/mol. The molecular formula is C12H10ClFO. The fraction of sp³-hybridized carbons (Fsp3) is 0.250. The molecule has 0 aromatic heterocycles. The first-order valence-corrected chi connectivity index (χ1v) is 5.04. The smallest absolute Gasteiger partial charge is 0.162 e. The molecule has 0 unspecified atom stereocenters. The third kappa shape index (κ3) is 3.38. The van der Waals surface area contributed by atoms with Crippen LogP contribution in [0.25, 0.3) is 0 Å². The van der Waals surface area contributed by atoms with Crippen LogP contribution in [0.1, 0.15) is 29.3 Å². The Labute approximate surface area is 93.3 Å². The SMILES string of the molecule is CC(=O)c1cc(C#CCCCl)ccc1F. The van der Waals surface area contributed by atoms with Gasteiger partial charge in [0.2, 0.25) is 0 Å². The molecule has 0 fully saturated rings. The van der Waals surface area contributed by atoms with Crippen molar-refractivity contribution < 1.29 is 9.18 Å². The summed E-state index contributed by atoms with van der Waals surface area (Å²) in [7, 11) is 0.